The smallest absolute Gasteiger partial charge is 0.326 e. The summed E-state index contributed by atoms with van der Waals surface area (Å²) in [5.41, 5.74) is 1.20. The maximum atomic E-state index is 11.8. The van der Waals surface area contributed by atoms with Crippen molar-refractivity contribution in [1.29, 1.82) is 0 Å². The Balaban J connectivity index is 2.39. The van der Waals surface area contributed by atoms with Gasteiger partial charge in [-0.25, -0.2) is 4.79 Å². The first-order chi connectivity index (χ1) is 9.93. The maximum absolute atomic E-state index is 11.8. The zero-order valence-corrected chi connectivity index (χ0v) is 13.6. The van der Waals surface area contributed by atoms with Gasteiger partial charge in [-0.3, -0.25) is 4.79 Å². The van der Waals surface area contributed by atoms with Crippen LogP contribution in [0.4, 0.5) is 0 Å². The van der Waals surface area contributed by atoms with E-state index in [1.807, 2.05) is 45.0 Å². The van der Waals surface area contributed by atoms with E-state index in [0.717, 1.165) is 11.3 Å². The number of benzene rings is 1. The molecule has 0 saturated carbocycles. The third-order valence-electron chi connectivity index (χ3n) is 3.41. The van der Waals surface area contributed by atoms with E-state index in [-0.39, 0.29) is 11.8 Å². The van der Waals surface area contributed by atoms with Crippen LogP contribution in [0, 0.1) is 12.8 Å². The standard InChI is InChI=1S/C16H23NO3S/c1-4-12(3)15(16(19)20)17-14(18)9-10-21-13-7-5-11(2)6-8-13/h5-8,12,15H,4,9-10H2,1-3H3,(H,17,18)(H,19,20)/t12-,15-/m0/s1. The van der Waals surface area contributed by atoms with Gasteiger partial charge in [0.25, 0.3) is 0 Å². The molecular weight excluding hydrogens is 286 g/mol. The maximum Gasteiger partial charge on any atom is 0.326 e. The SMILES string of the molecule is CC[C@H](C)[C@H](NC(=O)CCSc1ccc(C)cc1)C(=O)O. The summed E-state index contributed by atoms with van der Waals surface area (Å²) in [5, 5.41) is 11.7. The fourth-order valence-electron chi connectivity index (χ4n) is 1.82. The van der Waals surface area contributed by atoms with E-state index in [1.165, 1.54) is 5.56 Å². The number of carboxylic acid groups (broad SMARTS) is 1. The van der Waals surface area contributed by atoms with Gasteiger partial charge in [0.2, 0.25) is 5.91 Å². The molecule has 2 atom stereocenters. The van der Waals surface area contributed by atoms with Gasteiger partial charge in [-0.1, -0.05) is 38.0 Å². The minimum Gasteiger partial charge on any atom is -0.480 e. The molecule has 0 aromatic heterocycles. The first-order valence-corrected chi connectivity index (χ1v) is 8.14. The first kappa shape index (κ1) is 17.6. The fourth-order valence-corrected chi connectivity index (χ4v) is 2.68. The highest BCUT2D eigenvalue weighted by atomic mass is 32.2. The van der Waals surface area contributed by atoms with E-state index in [0.29, 0.717) is 12.2 Å². The van der Waals surface area contributed by atoms with Gasteiger partial charge < -0.3 is 10.4 Å². The molecule has 4 nitrogen and oxygen atoms in total. The fraction of sp³-hybridized carbons (Fsp3) is 0.500. The lowest BCUT2D eigenvalue weighted by molar-refractivity contribution is -0.143. The number of rotatable bonds is 8. The molecule has 0 unspecified atom stereocenters. The van der Waals surface area contributed by atoms with Crippen molar-refractivity contribution in [3.63, 3.8) is 0 Å². The molecule has 0 saturated heterocycles. The highest BCUT2D eigenvalue weighted by Crippen LogP contribution is 2.19. The lowest BCUT2D eigenvalue weighted by Gasteiger charge is -2.20. The largest absolute Gasteiger partial charge is 0.480 e. The number of thioether (sulfide) groups is 1. The Morgan fingerprint density at radius 1 is 1.29 bits per heavy atom. The van der Waals surface area contributed by atoms with Crippen molar-refractivity contribution in [3.05, 3.63) is 29.8 Å². The van der Waals surface area contributed by atoms with E-state index >= 15 is 0 Å². The second kappa shape index (κ2) is 8.72. The van der Waals surface area contributed by atoms with Crippen LogP contribution in [0.3, 0.4) is 0 Å². The van der Waals surface area contributed by atoms with Gasteiger partial charge in [-0.15, -0.1) is 11.8 Å². The number of aryl methyl sites for hydroxylation is 1. The van der Waals surface area contributed by atoms with E-state index in [4.69, 9.17) is 5.11 Å². The first-order valence-electron chi connectivity index (χ1n) is 7.15. The highest BCUT2D eigenvalue weighted by molar-refractivity contribution is 7.99. The second-order valence-electron chi connectivity index (χ2n) is 5.18. The summed E-state index contributed by atoms with van der Waals surface area (Å²) in [6, 6.07) is 7.32. The summed E-state index contributed by atoms with van der Waals surface area (Å²) in [5.74, 6) is -0.607. The molecule has 0 fully saturated rings. The Labute approximate surface area is 130 Å². The lowest BCUT2D eigenvalue weighted by Crippen LogP contribution is -2.45. The van der Waals surface area contributed by atoms with Crippen molar-refractivity contribution in [2.24, 2.45) is 5.92 Å². The van der Waals surface area contributed by atoms with Crippen LogP contribution in [0.5, 0.6) is 0 Å². The molecule has 1 rings (SSSR count). The Morgan fingerprint density at radius 2 is 1.90 bits per heavy atom. The Morgan fingerprint density at radius 3 is 2.43 bits per heavy atom. The van der Waals surface area contributed by atoms with Crippen LogP contribution in [-0.4, -0.2) is 28.8 Å². The molecule has 0 bridgehead atoms. The van der Waals surface area contributed by atoms with Crippen molar-refractivity contribution in [2.45, 2.75) is 44.6 Å². The second-order valence-corrected chi connectivity index (χ2v) is 6.35. The topological polar surface area (TPSA) is 66.4 Å². The number of amides is 1. The van der Waals surface area contributed by atoms with Crippen LogP contribution in [0.15, 0.2) is 29.2 Å². The quantitative estimate of drug-likeness (QED) is 0.724. The number of carbonyl (C=O) groups excluding carboxylic acids is 1. The number of carbonyl (C=O) groups is 2. The van der Waals surface area contributed by atoms with Crippen LogP contribution in [0.25, 0.3) is 0 Å². The van der Waals surface area contributed by atoms with Gasteiger partial charge in [-0.2, -0.15) is 0 Å². The summed E-state index contributed by atoms with van der Waals surface area (Å²) in [4.78, 5) is 24.1. The molecule has 1 amide bonds. The monoisotopic (exact) mass is 309 g/mol. The predicted octanol–water partition coefficient (Wildman–Crippen LogP) is 3.09. The number of carboxylic acids is 1. The molecular formula is C16H23NO3S. The van der Waals surface area contributed by atoms with Gasteiger partial charge in [0.15, 0.2) is 0 Å². The van der Waals surface area contributed by atoms with Gasteiger partial charge in [0.05, 0.1) is 0 Å². The number of aliphatic carboxylic acids is 1. The molecule has 0 aliphatic heterocycles. The number of hydrogen-bond donors (Lipinski definition) is 2. The third kappa shape index (κ3) is 6.21. The summed E-state index contributed by atoms with van der Waals surface area (Å²) in [6.07, 6.45) is 1.04. The average molecular weight is 309 g/mol. The summed E-state index contributed by atoms with van der Waals surface area (Å²) < 4.78 is 0. The Kier molecular flexibility index (Phi) is 7.29. The summed E-state index contributed by atoms with van der Waals surface area (Å²) in [7, 11) is 0. The van der Waals surface area contributed by atoms with E-state index in [9.17, 15) is 9.59 Å². The number of hydrogen-bond acceptors (Lipinski definition) is 3. The molecule has 1 aromatic rings. The van der Waals surface area contributed by atoms with Crippen LogP contribution in [0.1, 0.15) is 32.3 Å². The molecule has 0 aliphatic carbocycles. The Bertz CT molecular complexity index is 473. The van der Waals surface area contributed by atoms with Crippen molar-refractivity contribution in [3.8, 4) is 0 Å². The molecule has 21 heavy (non-hydrogen) atoms. The number of nitrogens with one attached hydrogen (secondary N) is 1. The molecule has 0 heterocycles. The zero-order chi connectivity index (χ0) is 15.8. The van der Waals surface area contributed by atoms with Gasteiger partial charge in [0, 0.05) is 17.1 Å². The van der Waals surface area contributed by atoms with E-state index < -0.39 is 12.0 Å². The van der Waals surface area contributed by atoms with Crippen LogP contribution in [-0.2, 0) is 9.59 Å². The van der Waals surface area contributed by atoms with E-state index in [1.54, 1.807) is 11.8 Å². The van der Waals surface area contributed by atoms with Gasteiger partial charge in [-0.05, 0) is 25.0 Å². The zero-order valence-electron chi connectivity index (χ0n) is 12.8. The Hall–Kier alpha value is -1.49. The normalized spacial score (nSPS) is 13.5. The van der Waals surface area contributed by atoms with Crippen molar-refractivity contribution in [2.75, 3.05) is 5.75 Å². The highest BCUT2D eigenvalue weighted by Gasteiger charge is 2.24. The van der Waals surface area contributed by atoms with E-state index in [2.05, 4.69) is 5.32 Å². The minimum atomic E-state index is -0.969. The van der Waals surface area contributed by atoms with Crippen molar-refractivity contribution in [1.82, 2.24) is 5.32 Å². The van der Waals surface area contributed by atoms with Crippen LogP contribution >= 0.6 is 11.8 Å². The van der Waals surface area contributed by atoms with Gasteiger partial charge >= 0.3 is 5.97 Å². The molecule has 0 radical (unpaired) electrons. The lowest BCUT2D eigenvalue weighted by atomic mass is 9.99. The van der Waals surface area contributed by atoms with Crippen molar-refractivity contribution < 1.29 is 14.7 Å². The molecule has 0 spiro atoms. The predicted molar refractivity (Wildman–Crippen MR) is 85.5 cm³/mol. The minimum absolute atomic E-state index is 0.0730. The molecule has 2 N–H and O–H groups in total. The van der Waals surface area contributed by atoms with Crippen molar-refractivity contribution >= 4 is 23.6 Å². The molecule has 5 heteroatoms. The van der Waals surface area contributed by atoms with Gasteiger partial charge in [0.1, 0.15) is 6.04 Å². The molecule has 0 aliphatic rings. The summed E-state index contributed by atoms with van der Waals surface area (Å²) >= 11 is 1.60. The summed E-state index contributed by atoms with van der Waals surface area (Å²) in [6.45, 7) is 5.78. The molecule has 116 valence electrons. The molecule has 1 aromatic carbocycles. The van der Waals surface area contributed by atoms with Crippen LogP contribution < -0.4 is 5.32 Å². The van der Waals surface area contributed by atoms with Crippen LogP contribution in [0.2, 0.25) is 0 Å². The average Bonchev–Trinajstić information content (AvgIpc) is 2.45. The third-order valence-corrected chi connectivity index (χ3v) is 4.43.